The summed E-state index contributed by atoms with van der Waals surface area (Å²) < 4.78 is 0. The quantitative estimate of drug-likeness (QED) is 0.471. The molecule has 15 heavy (non-hydrogen) atoms. The SMILES string of the molecule is C/C=C\C(=C/C)C(C)/C(=C\C=N/C)CC. The molecule has 0 saturated carbocycles. The Morgan fingerprint density at radius 2 is 2.00 bits per heavy atom. The largest absolute Gasteiger partial charge is 0.297 e. The first-order valence-corrected chi connectivity index (χ1v) is 5.61. The summed E-state index contributed by atoms with van der Waals surface area (Å²) in [6, 6.07) is 0. The van der Waals surface area contributed by atoms with E-state index in [1.165, 1.54) is 11.1 Å². The van der Waals surface area contributed by atoms with Crippen molar-refractivity contribution in [3.8, 4) is 0 Å². The first kappa shape index (κ1) is 13.9. The maximum atomic E-state index is 4.00. The Morgan fingerprint density at radius 3 is 2.40 bits per heavy atom. The fourth-order valence-electron chi connectivity index (χ4n) is 1.64. The van der Waals surface area contributed by atoms with E-state index in [0.717, 1.165) is 6.42 Å². The van der Waals surface area contributed by atoms with Crippen molar-refractivity contribution in [1.29, 1.82) is 0 Å². The van der Waals surface area contributed by atoms with Crippen LogP contribution in [0.15, 0.2) is 40.4 Å². The van der Waals surface area contributed by atoms with Gasteiger partial charge in [0.05, 0.1) is 0 Å². The Balaban J connectivity index is 4.85. The highest BCUT2D eigenvalue weighted by Gasteiger charge is 2.08. The zero-order chi connectivity index (χ0) is 11.7. The Morgan fingerprint density at radius 1 is 1.33 bits per heavy atom. The Bertz CT molecular complexity index is 280. The van der Waals surface area contributed by atoms with E-state index in [2.05, 4.69) is 57.0 Å². The molecule has 1 nitrogen and oxygen atoms in total. The van der Waals surface area contributed by atoms with Gasteiger partial charge in [-0.15, -0.1) is 0 Å². The van der Waals surface area contributed by atoms with Crippen LogP contribution in [0.3, 0.4) is 0 Å². The molecule has 0 aliphatic rings. The Labute approximate surface area is 94.3 Å². The topological polar surface area (TPSA) is 12.4 Å². The van der Waals surface area contributed by atoms with Crippen molar-refractivity contribution in [3.05, 3.63) is 35.5 Å². The second kappa shape index (κ2) is 8.22. The average Bonchev–Trinajstić information content (AvgIpc) is 2.26. The average molecular weight is 205 g/mol. The minimum Gasteiger partial charge on any atom is -0.297 e. The molecule has 0 aliphatic heterocycles. The summed E-state index contributed by atoms with van der Waals surface area (Å²) in [6.45, 7) is 8.58. The predicted octanol–water partition coefficient (Wildman–Crippen LogP) is 4.18. The lowest BCUT2D eigenvalue weighted by atomic mass is 9.90. The fourth-order valence-corrected chi connectivity index (χ4v) is 1.64. The maximum absolute atomic E-state index is 4.00. The summed E-state index contributed by atoms with van der Waals surface area (Å²) in [5.41, 5.74) is 2.79. The van der Waals surface area contributed by atoms with Gasteiger partial charge in [0.15, 0.2) is 0 Å². The lowest BCUT2D eigenvalue weighted by molar-refractivity contribution is 0.778. The lowest BCUT2D eigenvalue weighted by Gasteiger charge is -2.15. The van der Waals surface area contributed by atoms with Gasteiger partial charge in [0.1, 0.15) is 0 Å². The van der Waals surface area contributed by atoms with Crippen LogP contribution in [0.25, 0.3) is 0 Å². The van der Waals surface area contributed by atoms with Crippen LogP contribution >= 0.6 is 0 Å². The molecule has 1 unspecified atom stereocenters. The van der Waals surface area contributed by atoms with Gasteiger partial charge in [-0.1, -0.05) is 37.6 Å². The minimum atomic E-state index is 0.481. The van der Waals surface area contributed by atoms with Gasteiger partial charge >= 0.3 is 0 Å². The van der Waals surface area contributed by atoms with E-state index in [0.29, 0.717) is 5.92 Å². The van der Waals surface area contributed by atoms with Gasteiger partial charge in [-0.05, 0) is 31.9 Å². The molecular weight excluding hydrogens is 182 g/mol. The molecule has 0 fully saturated rings. The molecule has 0 amide bonds. The summed E-state index contributed by atoms with van der Waals surface area (Å²) in [7, 11) is 1.80. The summed E-state index contributed by atoms with van der Waals surface area (Å²) in [6.07, 6.45) is 11.5. The second-order valence-corrected chi connectivity index (χ2v) is 3.51. The smallest absolute Gasteiger partial charge is 0.0277 e. The van der Waals surface area contributed by atoms with E-state index in [1.54, 1.807) is 7.05 Å². The molecule has 84 valence electrons. The van der Waals surface area contributed by atoms with Crippen LogP contribution in [-0.2, 0) is 0 Å². The minimum absolute atomic E-state index is 0.481. The molecule has 0 aromatic heterocycles. The van der Waals surface area contributed by atoms with Crippen LogP contribution in [-0.4, -0.2) is 13.3 Å². The van der Waals surface area contributed by atoms with Crippen molar-refractivity contribution in [3.63, 3.8) is 0 Å². The molecule has 0 heterocycles. The molecule has 0 aromatic carbocycles. The zero-order valence-corrected chi connectivity index (χ0v) is 10.6. The highest BCUT2D eigenvalue weighted by molar-refractivity contribution is 5.72. The third-order valence-electron chi connectivity index (χ3n) is 2.59. The summed E-state index contributed by atoms with van der Waals surface area (Å²) in [5, 5.41) is 0. The van der Waals surface area contributed by atoms with E-state index in [-0.39, 0.29) is 0 Å². The summed E-state index contributed by atoms with van der Waals surface area (Å²) in [4.78, 5) is 4.00. The van der Waals surface area contributed by atoms with Gasteiger partial charge < -0.3 is 0 Å². The molecule has 0 spiro atoms. The molecule has 1 heteroatoms. The van der Waals surface area contributed by atoms with Crippen molar-refractivity contribution in [2.45, 2.75) is 34.1 Å². The van der Waals surface area contributed by atoms with Crippen LogP contribution < -0.4 is 0 Å². The second-order valence-electron chi connectivity index (χ2n) is 3.51. The molecule has 0 aliphatic carbocycles. The van der Waals surface area contributed by atoms with Crippen molar-refractivity contribution in [2.75, 3.05) is 7.05 Å². The van der Waals surface area contributed by atoms with Crippen LogP contribution in [0.4, 0.5) is 0 Å². The van der Waals surface area contributed by atoms with Gasteiger partial charge in [-0.25, -0.2) is 0 Å². The number of nitrogens with zero attached hydrogens (tertiary/aromatic N) is 1. The monoisotopic (exact) mass is 205 g/mol. The molecule has 0 saturated heterocycles. The van der Waals surface area contributed by atoms with Gasteiger partial charge in [-0.2, -0.15) is 0 Å². The van der Waals surface area contributed by atoms with Crippen molar-refractivity contribution in [2.24, 2.45) is 10.9 Å². The number of rotatable bonds is 5. The van der Waals surface area contributed by atoms with Crippen LogP contribution in [0.5, 0.6) is 0 Å². The third-order valence-corrected chi connectivity index (χ3v) is 2.59. The first-order valence-electron chi connectivity index (χ1n) is 5.61. The molecule has 0 radical (unpaired) electrons. The van der Waals surface area contributed by atoms with Crippen molar-refractivity contribution < 1.29 is 0 Å². The lowest BCUT2D eigenvalue weighted by Crippen LogP contribution is -2.01. The number of hydrogen-bond acceptors (Lipinski definition) is 1. The number of aliphatic imine (C=N–C) groups is 1. The van der Waals surface area contributed by atoms with Gasteiger partial charge in [0.2, 0.25) is 0 Å². The van der Waals surface area contributed by atoms with E-state index in [1.807, 2.05) is 6.21 Å². The molecule has 1 atom stereocenters. The Hall–Kier alpha value is -1.11. The van der Waals surface area contributed by atoms with Crippen LogP contribution in [0, 0.1) is 5.92 Å². The van der Waals surface area contributed by atoms with Gasteiger partial charge in [-0.3, -0.25) is 4.99 Å². The first-order chi connectivity index (χ1) is 7.21. The predicted molar refractivity (Wildman–Crippen MR) is 70.5 cm³/mol. The Kier molecular flexibility index (Phi) is 7.61. The molecular formula is C14H23N. The van der Waals surface area contributed by atoms with E-state index in [9.17, 15) is 0 Å². The van der Waals surface area contributed by atoms with Crippen LogP contribution in [0.2, 0.25) is 0 Å². The number of allylic oxidation sites excluding steroid dienone is 6. The summed E-state index contributed by atoms with van der Waals surface area (Å²) >= 11 is 0. The highest BCUT2D eigenvalue weighted by atomic mass is 14.6. The van der Waals surface area contributed by atoms with Crippen molar-refractivity contribution >= 4 is 6.21 Å². The van der Waals surface area contributed by atoms with Gasteiger partial charge in [0.25, 0.3) is 0 Å². The fraction of sp³-hybridized carbons (Fsp3) is 0.500. The summed E-state index contributed by atoms with van der Waals surface area (Å²) in [5.74, 6) is 0.481. The van der Waals surface area contributed by atoms with E-state index >= 15 is 0 Å². The highest BCUT2D eigenvalue weighted by Crippen LogP contribution is 2.23. The molecule has 0 rings (SSSR count). The zero-order valence-electron chi connectivity index (χ0n) is 10.6. The maximum Gasteiger partial charge on any atom is 0.0277 e. The molecule has 0 aromatic rings. The van der Waals surface area contributed by atoms with Crippen LogP contribution in [0.1, 0.15) is 34.1 Å². The normalized spacial score (nSPS) is 16.6. The van der Waals surface area contributed by atoms with Crippen molar-refractivity contribution in [1.82, 2.24) is 0 Å². The molecule has 0 bridgehead atoms. The third kappa shape index (κ3) is 4.78. The van der Waals surface area contributed by atoms with E-state index < -0.39 is 0 Å². The standard InChI is InChI=1S/C14H23N/c1-6-9-13(7-2)12(4)14(8-3)10-11-15-5/h6-7,9-12H,8H2,1-5H3/b9-6-,13-7+,14-10-,15-11-. The number of hydrogen-bond donors (Lipinski definition) is 0. The van der Waals surface area contributed by atoms with Gasteiger partial charge in [0, 0.05) is 19.2 Å². The van der Waals surface area contributed by atoms with E-state index in [4.69, 9.17) is 0 Å². The molecule has 0 N–H and O–H groups in total.